The van der Waals surface area contributed by atoms with Crippen molar-refractivity contribution < 1.29 is 19.0 Å². The molecule has 7 nitrogen and oxygen atoms in total. The Morgan fingerprint density at radius 2 is 2.53 bits per heavy atom. The number of aromatic nitrogens is 2. The van der Waals surface area contributed by atoms with E-state index in [2.05, 4.69) is 10.3 Å². The third-order valence-electron chi connectivity index (χ3n) is 2.39. The van der Waals surface area contributed by atoms with E-state index in [-0.39, 0.29) is 13.2 Å². The van der Waals surface area contributed by atoms with E-state index < -0.39 is 34.0 Å². The number of ether oxygens (including phenoxy) is 1. The molecular weight excluding hydrogens is 277 g/mol. The van der Waals surface area contributed by atoms with Gasteiger partial charge in [-0.05, 0) is 0 Å². The first-order chi connectivity index (χ1) is 9.01. The van der Waals surface area contributed by atoms with Crippen LogP contribution in [0.4, 0.5) is 10.2 Å². The quantitative estimate of drug-likeness (QED) is 0.808. The molecule has 0 radical (unpaired) electrons. The molecule has 0 spiro atoms. The van der Waals surface area contributed by atoms with Crippen molar-refractivity contribution in [3.63, 3.8) is 0 Å². The molecule has 0 saturated carbocycles. The fraction of sp³-hybridized carbons (Fsp3) is 0.500. The minimum atomic E-state index is -0.803. The monoisotopic (exact) mass is 289 g/mol. The van der Waals surface area contributed by atoms with Crippen LogP contribution in [-0.2, 0) is 9.53 Å². The van der Waals surface area contributed by atoms with Crippen molar-refractivity contribution in [2.45, 2.75) is 17.7 Å². The lowest BCUT2D eigenvalue weighted by atomic mass is 10.5. The van der Waals surface area contributed by atoms with Crippen molar-refractivity contribution in [1.82, 2.24) is 9.55 Å². The number of nitrogens with one attached hydrogen (secondary N) is 1. The first-order valence-corrected chi connectivity index (χ1v) is 6.39. The number of nitrogens with zero attached hydrogens (tertiary/aromatic N) is 2. The number of hydrogen-bond acceptors (Lipinski definition) is 6. The summed E-state index contributed by atoms with van der Waals surface area (Å²) in [5.41, 5.74) is -1.13. The number of aliphatic hydroxyl groups excluding tert-OH is 1. The van der Waals surface area contributed by atoms with E-state index >= 15 is 0 Å². The van der Waals surface area contributed by atoms with Crippen molar-refractivity contribution in [1.29, 1.82) is 0 Å². The summed E-state index contributed by atoms with van der Waals surface area (Å²) in [6.45, 7) is 1.19. The zero-order valence-corrected chi connectivity index (χ0v) is 10.8. The Hall–Kier alpha value is -1.45. The van der Waals surface area contributed by atoms with Gasteiger partial charge in [0.2, 0.25) is 5.91 Å². The van der Waals surface area contributed by atoms with Gasteiger partial charge in [0.25, 0.3) is 0 Å². The number of aliphatic hydroxyl groups is 1. The highest BCUT2D eigenvalue weighted by Crippen LogP contribution is 2.34. The summed E-state index contributed by atoms with van der Waals surface area (Å²) < 4.78 is 20.0. The smallest absolute Gasteiger partial charge is 0.350 e. The lowest BCUT2D eigenvalue weighted by Crippen LogP contribution is -2.28. The number of thioether (sulfide) groups is 1. The minimum absolute atomic E-state index is 0.177. The van der Waals surface area contributed by atoms with Crippen molar-refractivity contribution in [3.05, 3.63) is 22.5 Å². The Kier molecular flexibility index (Phi) is 4.17. The van der Waals surface area contributed by atoms with Crippen LogP contribution in [0.2, 0.25) is 0 Å². The zero-order chi connectivity index (χ0) is 14.0. The maximum absolute atomic E-state index is 13.7. The normalized spacial score (nSPS) is 22.5. The highest BCUT2D eigenvalue weighted by Gasteiger charge is 2.28. The van der Waals surface area contributed by atoms with Crippen LogP contribution in [0.15, 0.2) is 11.0 Å². The Morgan fingerprint density at radius 3 is 3.11 bits per heavy atom. The molecule has 0 aliphatic carbocycles. The van der Waals surface area contributed by atoms with Crippen LogP contribution in [0.25, 0.3) is 0 Å². The van der Waals surface area contributed by atoms with Crippen LogP contribution in [0.5, 0.6) is 0 Å². The molecule has 1 aromatic heterocycles. The molecule has 2 heterocycles. The zero-order valence-electron chi connectivity index (χ0n) is 10.00. The molecule has 0 bridgehead atoms. The van der Waals surface area contributed by atoms with Crippen LogP contribution < -0.4 is 11.0 Å². The summed E-state index contributed by atoms with van der Waals surface area (Å²) in [6.07, 6.45) is 0.974. The van der Waals surface area contributed by atoms with Crippen LogP contribution in [0.3, 0.4) is 0 Å². The molecule has 2 rings (SSSR count). The molecule has 19 heavy (non-hydrogen) atoms. The second-order valence-electron chi connectivity index (χ2n) is 3.84. The summed E-state index contributed by atoms with van der Waals surface area (Å²) >= 11 is 1.20. The molecule has 1 amide bonds. The molecule has 1 aliphatic rings. The van der Waals surface area contributed by atoms with E-state index in [0.717, 1.165) is 10.8 Å². The molecule has 0 unspecified atom stereocenters. The second-order valence-corrected chi connectivity index (χ2v) is 5.19. The standard InChI is InChI=1S/C10H12FN3O4S/c1-5(16)12-9-6(11)2-14(10(17)13-9)7-4-18-8(3-15)19-7/h2,7-8,15H,3-4H2,1H3,(H,12,13,16,17)/t7-,8-/m0/s1. The predicted octanol–water partition coefficient (Wildman–Crippen LogP) is -0.0788. The van der Waals surface area contributed by atoms with Gasteiger partial charge in [-0.1, -0.05) is 0 Å². The Bertz CT molecular complexity index is 550. The second kappa shape index (κ2) is 5.68. The molecule has 1 fully saturated rings. The van der Waals surface area contributed by atoms with Gasteiger partial charge >= 0.3 is 5.69 Å². The molecular formula is C10H12FN3O4S. The fourth-order valence-corrected chi connectivity index (χ4v) is 2.62. The third kappa shape index (κ3) is 3.11. The number of rotatable bonds is 3. The van der Waals surface area contributed by atoms with E-state index in [4.69, 9.17) is 9.84 Å². The summed E-state index contributed by atoms with van der Waals surface area (Å²) in [7, 11) is 0. The number of carbonyl (C=O) groups is 1. The molecule has 1 saturated heterocycles. The first-order valence-electron chi connectivity index (χ1n) is 5.45. The summed E-state index contributed by atoms with van der Waals surface area (Å²) in [5.74, 6) is -1.71. The molecule has 2 atom stereocenters. The maximum atomic E-state index is 13.7. The van der Waals surface area contributed by atoms with E-state index in [1.54, 1.807) is 0 Å². The molecule has 1 aromatic rings. The molecule has 1 aliphatic heterocycles. The highest BCUT2D eigenvalue weighted by molar-refractivity contribution is 8.00. The number of carbonyl (C=O) groups excluding carboxylic acids is 1. The van der Waals surface area contributed by atoms with Crippen molar-refractivity contribution in [3.8, 4) is 0 Å². The summed E-state index contributed by atoms with van der Waals surface area (Å²) in [6, 6.07) is 0. The van der Waals surface area contributed by atoms with Crippen LogP contribution in [-0.4, -0.2) is 39.2 Å². The largest absolute Gasteiger partial charge is 0.393 e. The number of halogens is 1. The van der Waals surface area contributed by atoms with Gasteiger partial charge in [0, 0.05) is 13.1 Å². The van der Waals surface area contributed by atoms with Crippen molar-refractivity contribution in [2.24, 2.45) is 0 Å². The van der Waals surface area contributed by atoms with Crippen molar-refractivity contribution >= 4 is 23.5 Å². The molecule has 0 aromatic carbocycles. The topological polar surface area (TPSA) is 93.5 Å². The minimum Gasteiger partial charge on any atom is -0.393 e. The molecule has 2 N–H and O–H groups in total. The van der Waals surface area contributed by atoms with E-state index in [1.165, 1.54) is 18.7 Å². The van der Waals surface area contributed by atoms with Gasteiger partial charge in [0.15, 0.2) is 11.6 Å². The first kappa shape index (κ1) is 14.0. The van der Waals surface area contributed by atoms with Gasteiger partial charge in [-0.2, -0.15) is 4.98 Å². The van der Waals surface area contributed by atoms with Crippen LogP contribution in [0.1, 0.15) is 12.3 Å². The summed E-state index contributed by atoms with van der Waals surface area (Å²) in [5, 5.41) is 10.6. The predicted molar refractivity (Wildman–Crippen MR) is 66.2 cm³/mol. The average Bonchev–Trinajstić information content (AvgIpc) is 2.81. The van der Waals surface area contributed by atoms with Crippen LogP contribution >= 0.6 is 11.8 Å². The van der Waals surface area contributed by atoms with Gasteiger partial charge in [-0.3, -0.25) is 9.36 Å². The van der Waals surface area contributed by atoms with E-state index in [9.17, 15) is 14.0 Å². The Labute approximate surface area is 111 Å². The van der Waals surface area contributed by atoms with Gasteiger partial charge in [-0.25, -0.2) is 9.18 Å². The Balaban J connectivity index is 2.26. The lowest BCUT2D eigenvalue weighted by Gasteiger charge is -2.12. The number of hydrogen-bond donors (Lipinski definition) is 2. The highest BCUT2D eigenvalue weighted by atomic mass is 32.2. The van der Waals surface area contributed by atoms with Crippen LogP contribution in [0, 0.1) is 5.82 Å². The maximum Gasteiger partial charge on any atom is 0.350 e. The van der Waals surface area contributed by atoms with Crippen molar-refractivity contribution in [2.75, 3.05) is 18.5 Å². The lowest BCUT2D eigenvalue weighted by molar-refractivity contribution is -0.114. The number of amides is 1. The van der Waals surface area contributed by atoms with E-state index in [1.807, 2.05) is 0 Å². The number of anilines is 1. The van der Waals surface area contributed by atoms with Gasteiger partial charge in [-0.15, -0.1) is 11.8 Å². The fourth-order valence-electron chi connectivity index (χ4n) is 1.59. The Morgan fingerprint density at radius 1 is 1.79 bits per heavy atom. The van der Waals surface area contributed by atoms with Gasteiger partial charge < -0.3 is 15.2 Å². The third-order valence-corrected chi connectivity index (χ3v) is 3.66. The van der Waals surface area contributed by atoms with Gasteiger partial charge in [0.1, 0.15) is 10.8 Å². The van der Waals surface area contributed by atoms with Gasteiger partial charge in [0.05, 0.1) is 13.2 Å². The average molecular weight is 289 g/mol. The molecule has 104 valence electrons. The van der Waals surface area contributed by atoms with E-state index in [0.29, 0.717) is 0 Å². The SMILES string of the molecule is CC(=O)Nc1nc(=O)n([C@@H]2CO[C@H](CO)S2)cc1F. The molecule has 9 heteroatoms. The summed E-state index contributed by atoms with van der Waals surface area (Å²) in [4.78, 5) is 26.1.